The first kappa shape index (κ1) is 28.4. The van der Waals surface area contributed by atoms with E-state index < -0.39 is 11.6 Å². The third-order valence-electron chi connectivity index (χ3n) is 12.5. The van der Waals surface area contributed by atoms with Crippen LogP contribution >= 0.6 is 0 Å². The molecule has 0 spiro atoms. The van der Waals surface area contributed by atoms with Crippen LogP contribution in [0.3, 0.4) is 0 Å². The minimum Gasteiger partial charge on any atom is -0.456 e. The Kier molecular flexibility index (Phi) is 4.91. The number of furan rings is 1. The highest BCUT2D eigenvalue weighted by Crippen LogP contribution is 2.52. The Balaban J connectivity index is 1.31. The highest BCUT2D eigenvalue weighted by Gasteiger charge is 2.47. The number of hydrogen-bond acceptors (Lipinski definition) is 2. The van der Waals surface area contributed by atoms with E-state index in [-0.39, 0.29) is 12.5 Å². The van der Waals surface area contributed by atoms with Crippen molar-refractivity contribution < 1.29 is 13.2 Å². The number of fused-ring (bicyclic) bond motifs is 18. The first-order chi connectivity index (χ1) is 27.2. The second kappa shape index (κ2) is 9.51. The predicted molar refractivity (Wildman–Crippen MR) is 222 cm³/mol. The minimum absolute atomic E-state index is 0.109. The summed E-state index contributed by atoms with van der Waals surface area (Å²) >= 11 is 0. The molecule has 12 aromatic rings. The summed E-state index contributed by atoms with van der Waals surface area (Å²) in [5.41, 5.74) is 12.5. The van der Waals surface area contributed by atoms with Crippen LogP contribution in [0.25, 0.3) is 93.0 Å². The summed E-state index contributed by atoms with van der Waals surface area (Å²) in [7, 11) is 0. The minimum atomic E-state index is -0.632. The van der Waals surface area contributed by atoms with Crippen LogP contribution in [0.15, 0.2) is 150 Å². The third-order valence-corrected chi connectivity index (χ3v) is 12.5. The number of hydrogen-bond donors (Lipinski definition) is 0. The second-order valence-electron chi connectivity index (χ2n) is 15.0. The van der Waals surface area contributed by atoms with Crippen LogP contribution in [0.1, 0.15) is 0 Å². The van der Waals surface area contributed by atoms with Gasteiger partial charge in [-0.15, -0.1) is 0 Å². The molecule has 0 unspecified atom stereocenters. The number of benzene rings is 8. The molecule has 0 aliphatic carbocycles. The molecule has 254 valence electrons. The molecule has 0 fully saturated rings. The van der Waals surface area contributed by atoms with Crippen molar-refractivity contribution in [1.29, 1.82) is 0 Å². The molecule has 0 atom stereocenters. The van der Waals surface area contributed by atoms with Crippen molar-refractivity contribution >= 4 is 117 Å². The molecule has 0 saturated heterocycles. The lowest BCUT2D eigenvalue weighted by atomic mass is 9.44. The Morgan fingerprint density at radius 3 is 1.89 bits per heavy atom. The number of anilines is 3. The highest BCUT2D eigenvalue weighted by atomic mass is 19.1. The molecule has 0 saturated carbocycles. The molecule has 0 N–H and O–H groups in total. The van der Waals surface area contributed by atoms with Gasteiger partial charge in [0.25, 0.3) is 0 Å². The van der Waals surface area contributed by atoms with E-state index in [1.54, 1.807) is 0 Å². The molecule has 8 aromatic carbocycles. The van der Waals surface area contributed by atoms with Gasteiger partial charge in [0.2, 0.25) is 0 Å². The lowest BCUT2D eigenvalue weighted by Gasteiger charge is -2.41. The SMILES string of the molecule is Fc1cccc(F)c1N1c2cc3oc4ccccc4c3c3c2B(c2c1cc1c4ccccc4n4c5ccccc5c2c14)n1c2ccccc2c2cccc-3c21. The lowest BCUT2D eigenvalue weighted by Crippen LogP contribution is -2.57. The summed E-state index contributed by atoms with van der Waals surface area (Å²) in [5.74, 6) is -1.26. The van der Waals surface area contributed by atoms with E-state index in [1.165, 1.54) is 23.6 Å². The first-order valence-corrected chi connectivity index (χ1v) is 18.6. The summed E-state index contributed by atoms with van der Waals surface area (Å²) in [5, 5.41) is 8.67. The van der Waals surface area contributed by atoms with Crippen LogP contribution in [0.5, 0.6) is 0 Å². The summed E-state index contributed by atoms with van der Waals surface area (Å²) in [6.07, 6.45) is 0. The third kappa shape index (κ3) is 3.16. The molecule has 0 radical (unpaired) electrons. The van der Waals surface area contributed by atoms with Gasteiger partial charge in [-0.05, 0) is 59.0 Å². The Morgan fingerprint density at radius 1 is 0.473 bits per heavy atom. The zero-order valence-electron chi connectivity index (χ0n) is 28.9. The van der Waals surface area contributed by atoms with E-state index in [2.05, 4.69) is 112 Å². The van der Waals surface area contributed by atoms with Crippen LogP contribution in [0, 0.1) is 11.6 Å². The van der Waals surface area contributed by atoms with Crippen molar-refractivity contribution in [3.8, 4) is 11.1 Å². The number of aromatic nitrogens is 2. The maximum atomic E-state index is 16.6. The van der Waals surface area contributed by atoms with Crippen molar-refractivity contribution in [3.05, 3.63) is 157 Å². The van der Waals surface area contributed by atoms with Crippen LogP contribution in [-0.4, -0.2) is 15.7 Å². The van der Waals surface area contributed by atoms with E-state index in [0.29, 0.717) is 11.3 Å². The van der Waals surface area contributed by atoms with Gasteiger partial charge in [-0.1, -0.05) is 97.1 Å². The number of nitrogens with zero attached hydrogens (tertiary/aromatic N) is 3. The van der Waals surface area contributed by atoms with Gasteiger partial charge < -0.3 is 18.2 Å². The summed E-state index contributed by atoms with van der Waals surface area (Å²) in [4.78, 5) is 1.85. The van der Waals surface area contributed by atoms with Gasteiger partial charge in [0.15, 0.2) is 0 Å². The largest absolute Gasteiger partial charge is 0.456 e. The van der Waals surface area contributed by atoms with Crippen molar-refractivity contribution in [2.24, 2.45) is 0 Å². The van der Waals surface area contributed by atoms with Gasteiger partial charge in [0, 0.05) is 77.1 Å². The predicted octanol–water partition coefficient (Wildman–Crippen LogP) is 11.5. The molecular formula is C48H24BF2N3O. The van der Waals surface area contributed by atoms with Crippen LogP contribution < -0.4 is 15.8 Å². The van der Waals surface area contributed by atoms with Gasteiger partial charge in [0.05, 0.1) is 16.6 Å². The fourth-order valence-corrected chi connectivity index (χ4v) is 10.6. The topological polar surface area (TPSA) is 25.7 Å². The molecule has 14 rings (SSSR count). The maximum absolute atomic E-state index is 16.6. The average Bonchev–Trinajstić information content (AvgIpc) is 3.96. The van der Waals surface area contributed by atoms with Gasteiger partial charge in [-0.2, -0.15) is 0 Å². The van der Waals surface area contributed by atoms with Crippen molar-refractivity contribution in [1.82, 2.24) is 8.88 Å². The number of halogens is 2. The average molecular weight is 708 g/mol. The molecule has 6 heterocycles. The Hall–Kier alpha value is -7.12. The van der Waals surface area contributed by atoms with Crippen LogP contribution in [0.2, 0.25) is 0 Å². The van der Waals surface area contributed by atoms with Crippen LogP contribution in [0.4, 0.5) is 25.8 Å². The van der Waals surface area contributed by atoms with E-state index in [9.17, 15) is 0 Å². The molecular weight excluding hydrogens is 683 g/mol. The monoisotopic (exact) mass is 707 g/mol. The van der Waals surface area contributed by atoms with Crippen molar-refractivity contribution in [3.63, 3.8) is 0 Å². The second-order valence-corrected chi connectivity index (χ2v) is 15.0. The number of para-hydroxylation sites is 6. The Labute approximate surface area is 311 Å². The fourth-order valence-electron chi connectivity index (χ4n) is 10.6. The van der Waals surface area contributed by atoms with Gasteiger partial charge in [0.1, 0.15) is 28.5 Å². The molecule has 55 heavy (non-hydrogen) atoms. The van der Waals surface area contributed by atoms with Gasteiger partial charge in [-0.25, -0.2) is 8.78 Å². The maximum Gasteiger partial charge on any atom is 0.333 e. The van der Waals surface area contributed by atoms with E-state index >= 15 is 8.78 Å². The fraction of sp³-hybridized carbons (Fsp3) is 0. The summed E-state index contributed by atoms with van der Waals surface area (Å²) in [6, 6.07) is 48.7. The zero-order valence-corrected chi connectivity index (χ0v) is 28.9. The smallest absolute Gasteiger partial charge is 0.333 e. The standard InChI is InChI=1S/C48H24BF2N3O/c50-32-17-10-18-33(51)48(32)53-37-23-31-26-12-1-5-19-34(26)52-35-20-6-3-13-28(35)43(47(31)52)45(37)49-44-38(53)24-40-41(29-14-4-8-22-39(29)55-40)42(44)30-16-9-15-27-25-11-2-7-21-36(25)54(49)46(27)30/h1-24H. The molecule has 4 nitrogen and oxygen atoms in total. The van der Waals surface area contributed by atoms with Crippen molar-refractivity contribution in [2.45, 2.75) is 0 Å². The van der Waals surface area contributed by atoms with E-state index in [4.69, 9.17) is 4.42 Å². The van der Waals surface area contributed by atoms with Gasteiger partial charge in [-0.3, -0.25) is 0 Å². The summed E-state index contributed by atoms with van der Waals surface area (Å²) in [6.45, 7) is -0.349. The van der Waals surface area contributed by atoms with E-state index in [0.717, 1.165) is 98.6 Å². The molecule has 7 heteroatoms. The van der Waals surface area contributed by atoms with Crippen molar-refractivity contribution in [2.75, 3.05) is 4.90 Å². The highest BCUT2D eigenvalue weighted by molar-refractivity contribution is 6.92. The van der Waals surface area contributed by atoms with Gasteiger partial charge >= 0.3 is 6.85 Å². The normalized spacial score (nSPS) is 13.6. The molecule has 0 bridgehead atoms. The number of rotatable bonds is 1. The molecule has 2 aliphatic rings. The van der Waals surface area contributed by atoms with Crippen LogP contribution in [-0.2, 0) is 0 Å². The van der Waals surface area contributed by atoms with E-state index in [1.807, 2.05) is 29.2 Å². The molecule has 4 aromatic heterocycles. The lowest BCUT2D eigenvalue weighted by molar-refractivity contribution is 0.586. The summed E-state index contributed by atoms with van der Waals surface area (Å²) < 4.78 is 44.8. The zero-order chi connectivity index (χ0) is 35.8. The quantitative estimate of drug-likeness (QED) is 0.159. The molecule has 2 aliphatic heterocycles. The Morgan fingerprint density at radius 2 is 1.09 bits per heavy atom. The first-order valence-electron chi connectivity index (χ1n) is 18.6. The Bertz CT molecular complexity index is 3700. The molecule has 0 amide bonds.